The summed E-state index contributed by atoms with van der Waals surface area (Å²) in [6.45, 7) is 3.74. The van der Waals surface area contributed by atoms with Gasteiger partial charge in [-0.3, -0.25) is 4.79 Å². The lowest BCUT2D eigenvalue weighted by molar-refractivity contribution is 0.374. The van der Waals surface area contributed by atoms with Gasteiger partial charge in [0.25, 0.3) is 5.56 Å². The molecule has 140 valence electrons. The molecule has 26 heavy (non-hydrogen) atoms. The van der Waals surface area contributed by atoms with Crippen molar-refractivity contribution in [2.75, 3.05) is 26.4 Å². The van der Waals surface area contributed by atoms with E-state index in [0.717, 1.165) is 53.5 Å². The smallest absolute Gasteiger partial charge is 0.270 e. The van der Waals surface area contributed by atoms with Crippen molar-refractivity contribution in [1.29, 1.82) is 0 Å². The first kappa shape index (κ1) is 18.0. The highest BCUT2D eigenvalue weighted by molar-refractivity contribution is 7.99. The number of likely N-dealkylation sites (N-methyl/N-ethyl adjacent to an activating group) is 1. The van der Waals surface area contributed by atoms with E-state index in [1.54, 1.807) is 27.5 Å². The molecule has 0 fully saturated rings. The summed E-state index contributed by atoms with van der Waals surface area (Å²) in [7, 11) is 4.09. The topological polar surface area (TPSA) is 55.4 Å². The number of fused-ring (bicyclic) bond motifs is 4. The fourth-order valence-corrected chi connectivity index (χ4v) is 5.55. The highest BCUT2D eigenvalue weighted by Crippen LogP contribution is 2.34. The van der Waals surface area contributed by atoms with Crippen LogP contribution < -0.4 is 5.56 Å². The average Bonchev–Trinajstić information content (AvgIpc) is 3.16. The average molecular weight is 392 g/mol. The Labute approximate surface area is 161 Å². The standard InChI is InChI=1S/C18H25N5OS2/c1-4-11-25-18-20-22(10-9-21(2)3)17-19-15-14(16(24)23(17)18)12-7-5-6-8-13(12)26-15/h4-11H2,1-3H3. The van der Waals surface area contributed by atoms with Crippen LogP contribution in [-0.4, -0.2) is 50.5 Å². The molecular formula is C18H25N5OS2. The number of hydrogen-bond donors (Lipinski definition) is 0. The largest absolute Gasteiger partial charge is 0.308 e. The van der Waals surface area contributed by atoms with Crippen molar-refractivity contribution < 1.29 is 0 Å². The van der Waals surface area contributed by atoms with Crippen LogP contribution in [0.25, 0.3) is 16.0 Å². The zero-order valence-corrected chi connectivity index (χ0v) is 17.3. The van der Waals surface area contributed by atoms with Crippen molar-refractivity contribution in [1.82, 2.24) is 24.1 Å². The summed E-state index contributed by atoms with van der Waals surface area (Å²) in [6, 6.07) is 0. The molecule has 0 saturated carbocycles. The molecule has 0 N–H and O–H groups in total. The maximum Gasteiger partial charge on any atom is 0.270 e. The molecule has 4 rings (SSSR count). The summed E-state index contributed by atoms with van der Waals surface area (Å²) in [5.41, 5.74) is 1.31. The highest BCUT2D eigenvalue weighted by Gasteiger charge is 2.23. The van der Waals surface area contributed by atoms with Gasteiger partial charge in [0.15, 0.2) is 5.16 Å². The molecule has 3 aromatic heterocycles. The molecule has 0 unspecified atom stereocenters. The van der Waals surface area contributed by atoms with Gasteiger partial charge < -0.3 is 4.90 Å². The number of hydrogen-bond acceptors (Lipinski definition) is 6. The molecule has 0 aliphatic heterocycles. The Balaban J connectivity index is 1.93. The Morgan fingerprint density at radius 1 is 1.27 bits per heavy atom. The van der Waals surface area contributed by atoms with E-state index in [0.29, 0.717) is 5.78 Å². The van der Waals surface area contributed by atoms with E-state index in [-0.39, 0.29) is 5.56 Å². The lowest BCUT2D eigenvalue weighted by atomic mass is 9.97. The van der Waals surface area contributed by atoms with E-state index >= 15 is 0 Å². The number of aromatic nitrogens is 4. The zero-order valence-electron chi connectivity index (χ0n) is 15.6. The number of aryl methyl sites for hydroxylation is 2. The molecule has 3 aromatic rings. The molecule has 0 amide bonds. The SMILES string of the molecule is CCCSc1nn(CCN(C)C)c2nc3sc4c(c3c(=O)n12)CCCC4. The molecule has 0 saturated heterocycles. The molecule has 0 aromatic carbocycles. The van der Waals surface area contributed by atoms with Crippen LogP contribution in [0.5, 0.6) is 0 Å². The van der Waals surface area contributed by atoms with Crippen molar-refractivity contribution >= 4 is 39.1 Å². The number of thiophene rings is 1. The monoisotopic (exact) mass is 391 g/mol. The van der Waals surface area contributed by atoms with Crippen LogP contribution in [0.4, 0.5) is 0 Å². The molecule has 1 aliphatic carbocycles. The summed E-state index contributed by atoms with van der Waals surface area (Å²) in [4.78, 5) is 22.7. The van der Waals surface area contributed by atoms with Crippen LogP contribution in [0.2, 0.25) is 0 Å². The Kier molecular flexibility index (Phi) is 5.07. The van der Waals surface area contributed by atoms with Gasteiger partial charge in [-0.15, -0.1) is 16.4 Å². The fourth-order valence-electron chi connectivity index (χ4n) is 3.46. The van der Waals surface area contributed by atoms with Crippen LogP contribution in [0.3, 0.4) is 0 Å². The summed E-state index contributed by atoms with van der Waals surface area (Å²) in [5, 5.41) is 6.35. The van der Waals surface area contributed by atoms with Crippen molar-refractivity contribution in [2.24, 2.45) is 0 Å². The third-order valence-corrected chi connectivity index (χ3v) is 7.11. The second-order valence-electron chi connectivity index (χ2n) is 7.10. The summed E-state index contributed by atoms with van der Waals surface area (Å²) in [5.74, 6) is 1.63. The minimum Gasteiger partial charge on any atom is -0.308 e. The van der Waals surface area contributed by atoms with E-state index in [9.17, 15) is 4.79 Å². The molecule has 0 spiro atoms. The van der Waals surface area contributed by atoms with Crippen molar-refractivity contribution in [3.8, 4) is 0 Å². The predicted molar refractivity (Wildman–Crippen MR) is 109 cm³/mol. The van der Waals surface area contributed by atoms with Gasteiger partial charge in [-0.05, 0) is 51.8 Å². The van der Waals surface area contributed by atoms with Gasteiger partial charge in [0, 0.05) is 17.2 Å². The predicted octanol–water partition coefficient (Wildman–Crippen LogP) is 3.05. The van der Waals surface area contributed by atoms with E-state index in [2.05, 4.69) is 11.8 Å². The normalized spacial score (nSPS) is 14.6. The second-order valence-corrected chi connectivity index (χ2v) is 9.25. The van der Waals surface area contributed by atoms with Crippen LogP contribution >= 0.6 is 23.1 Å². The van der Waals surface area contributed by atoms with Gasteiger partial charge in [-0.1, -0.05) is 18.7 Å². The number of nitrogens with zero attached hydrogens (tertiary/aromatic N) is 5. The molecule has 3 heterocycles. The van der Waals surface area contributed by atoms with Crippen LogP contribution in [0, 0.1) is 0 Å². The third kappa shape index (κ3) is 3.08. The van der Waals surface area contributed by atoms with Crippen molar-refractivity contribution in [2.45, 2.75) is 50.7 Å². The summed E-state index contributed by atoms with van der Waals surface area (Å²) < 4.78 is 3.65. The van der Waals surface area contributed by atoms with Gasteiger partial charge in [0.05, 0.1) is 11.9 Å². The molecule has 0 radical (unpaired) electrons. The molecule has 0 bridgehead atoms. The quantitative estimate of drug-likeness (QED) is 0.605. The van der Waals surface area contributed by atoms with Crippen LogP contribution in [0.1, 0.15) is 36.6 Å². The van der Waals surface area contributed by atoms with Gasteiger partial charge in [-0.2, -0.15) is 0 Å². The van der Waals surface area contributed by atoms with E-state index < -0.39 is 0 Å². The third-order valence-electron chi connectivity index (χ3n) is 4.79. The number of thioether (sulfide) groups is 1. The molecule has 1 aliphatic rings. The maximum absolute atomic E-state index is 13.4. The van der Waals surface area contributed by atoms with E-state index in [1.165, 1.54) is 23.3 Å². The van der Waals surface area contributed by atoms with Crippen LogP contribution in [-0.2, 0) is 19.4 Å². The Bertz CT molecular complexity index is 1000. The highest BCUT2D eigenvalue weighted by atomic mass is 32.2. The van der Waals surface area contributed by atoms with Crippen molar-refractivity contribution in [3.63, 3.8) is 0 Å². The van der Waals surface area contributed by atoms with E-state index in [4.69, 9.17) is 10.1 Å². The summed E-state index contributed by atoms with van der Waals surface area (Å²) in [6.07, 6.45) is 5.52. The molecule has 8 heteroatoms. The van der Waals surface area contributed by atoms with E-state index in [1.807, 2.05) is 18.8 Å². The first-order valence-corrected chi connectivity index (χ1v) is 11.1. The number of rotatable bonds is 6. The lowest BCUT2D eigenvalue weighted by Crippen LogP contribution is -2.20. The van der Waals surface area contributed by atoms with Gasteiger partial charge >= 0.3 is 0 Å². The fraction of sp³-hybridized carbons (Fsp3) is 0.611. The molecule has 6 nitrogen and oxygen atoms in total. The minimum absolute atomic E-state index is 0.0686. The first-order chi connectivity index (χ1) is 12.6. The summed E-state index contributed by atoms with van der Waals surface area (Å²) >= 11 is 3.35. The Morgan fingerprint density at radius 2 is 2.08 bits per heavy atom. The Morgan fingerprint density at radius 3 is 2.85 bits per heavy atom. The van der Waals surface area contributed by atoms with Crippen molar-refractivity contribution in [3.05, 3.63) is 20.8 Å². The Hall–Kier alpha value is -1.38. The maximum atomic E-state index is 13.4. The lowest BCUT2D eigenvalue weighted by Gasteiger charge is -2.10. The van der Waals surface area contributed by atoms with Gasteiger partial charge in [-0.25, -0.2) is 14.1 Å². The zero-order chi connectivity index (χ0) is 18.3. The van der Waals surface area contributed by atoms with Crippen LogP contribution in [0.15, 0.2) is 9.95 Å². The van der Waals surface area contributed by atoms with Gasteiger partial charge in [0.2, 0.25) is 5.78 Å². The minimum atomic E-state index is 0.0686. The molecular weight excluding hydrogens is 366 g/mol. The van der Waals surface area contributed by atoms with Gasteiger partial charge in [0.1, 0.15) is 4.83 Å². The molecule has 0 atom stereocenters. The second kappa shape index (κ2) is 7.32. The first-order valence-electron chi connectivity index (χ1n) is 9.31.